The molecule has 0 aromatic carbocycles. The van der Waals surface area contributed by atoms with E-state index in [0.717, 1.165) is 51.1 Å². The molecule has 1 saturated carbocycles. The molecule has 2 nitrogen and oxygen atoms in total. The largest absolute Gasteiger partial charge is 0.416 e. The van der Waals surface area contributed by atoms with E-state index in [-0.39, 0.29) is 0 Å². The van der Waals surface area contributed by atoms with Gasteiger partial charge in [0, 0.05) is 23.5 Å². The number of pyridine rings is 1. The first kappa shape index (κ1) is 13.9. The monoisotopic (exact) mass is 284 g/mol. The molecule has 0 spiro atoms. The SMILES string of the molecule is FC(F)(F)c1ccncc1C1(C2CC2)CCCCCN1. The van der Waals surface area contributed by atoms with Crippen LogP contribution in [0.4, 0.5) is 13.2 Å². The molecule has 2 aliphatic rings. The van der Waals surface area contributed by atoms with Gasteiger partial charge in [-0.25, -0.2) is 0 Å². The van der Waals surface area contributed by atoms with Crippen molar-refractivity contribution in [1.29, 1.82) is 0 Å². The summed E-state index contributed by atoms with van der Waals surface area (Å²) in [6.07, 6.45) is 4.27. The summed E-state index contributed by atoms with van der Waals surface area (Å²) >= 11 is 0. The van der Waals surface area contributed by atoms with E-state index in [1.165, 1.54) is 12.4 Å². The van der Waals surface area contributed by atoms with E-state index in [4.69, 9.17) is 0 Å². The van der Waals surface area contributed by atoms with Crippen LogP contribution in [0.1, 0.15) is 49.7 Å². The molecule has 3 rings (SSSR count). The number of rotatable bonds is 2. The molecule has 1 aromatic heterocycles. The van der Waals surface area contributed by atoms with Gasteiger partial charge in [0.05, 0.1) is 5.56 Å². The van der Waals surface area contributed by atoms with Crippen molar-refractivity contribution in [1.82, 2.24) is 10.3 Å². The van der Waals surface area contributed by atoms with Crippen LogP contribution in [0.5, 0.6) is 0 Å². The van der Waals surface area contributed by atoms with Gasteiger partial charge in [-0.3, -0.25) is 4.98 Å². The normalized spacial score (nSPS) is 28.1. The van der Waals surface area contributed by atoms with Gasteiger partial charge < -0.3 is 5.32 Å². The summed E-state index contributed by atoms with van der Waals surface area (Å²) in [5, 5.41) is 3.45. The Kier molecular flexibility index (Phi) is 3.48. The minimum Gasteiger partial charge on any atom is -0.307 e. The molecule has 1 saturated heterocycles. The van der Waals surface area contributed by atoms with Gasteiger partial charge in [-0.05, 0) is 44.2 Å². The van der Waals surface area contributed by atoms with Gasteiger partial charge >= 0.3 is 6.18 Å². The zero-order valence-electron chi connectivity index (χ0n) is 11.3. The van der Waals surface area contributed by atoms with Crippen LogP contribution in [0.15, 0.2) is 18.5 Å². The summed E-state index contributed by atoms with van der Waals surface area (Å²) in [4.78, 5) is 3.98. The number of nitrogens with one attached hydrogen (secondary N) is 1. The number of aromatic nitrogens is 1. The molecular weight excluding hydrogens is 265 g/mol. The Hall–Kier alpha value is -1.10. The molecule has 1 atom stereocenters. The van der Waals surface area contributed by atoms with E-state index in [0.29, 0.717) is 11.5 Å². The molecule has 1 aliphatic heterocycles. The highest BCUT2D eigenvalue weighted by Crippen LogP contribution is 2.51. The number of hydrogen-bond donors (Lipinski definition) is 1. The quantitative estimate of drug-likeness (QED) is 0.891. The molecule has 2 heterocycles. The lowest BCUT2D eigenvalue weighted by Crippen LogP contribution is -2.45. The van der Waals surface area contributed by atoms with Crippen molar-refractivity contribution >= 4 is 0 Å². The predicted octanol–water partition coefficient (Wildman–Crippen LogP) is 3.87. The minimum absolute atomic E-state index is 0.325. The zero-order valence-corrected chi connectivity index (χ0v) is 11.3. The molecule has 1 aromatic rings. The zero-order chi connectivity index (χ0) is 14.2. The Labute approximate surface area is 116 Å². The van der Waals surface area contributed by atoms with E-state index in [1.54, 1.807) is 0 Å². The summed E-state index contributed by atoms with van der Waals surface area (Å²) in [6.45, 7) is 0.794. The van der Waals surface area contributed by atoms with Crippen LogP contribution in [0.25, 0.3) is 0 Å². The summed E-state index contributed by atoms with van der Waals surface area (Å²) in [7, 11) is 0. The number of hydrogen-bond acceptors (Lipinski definition) is 2. The van der Waals surface area contributed by atoms with E-state index in [1.807, 2.05) is 0 Å². The fourth-order valence-corrected chi connectivity index (χ4v) is 3.48. The smallest absolute Gasteiger partial charge is 0.307 e. The van der Waals surface area contributed by atoms with Crippen LogP contribution in [-0.2, 0) is 11.7 Å². The molecule has 0 radical (unpaired) electrons. The van der Waals surface area contributed by atoms with Crippen molar-refractivity contribution < 1.29 is 13.2 Å². The van der Waals surface area contributed by atoms with E-state index in [2.05, 4.69) is 10.3 Å². The van der Waals surface area contributed by atoms with Gasteiger partial charge in [0.25, 0.3) is 0 Å². The molecule has 1 N–H and O–H groups in total. The van der Waals surface area contributed by atoms with Crippen LogP contribution in [-0.4, -0.2) is 11.5 Å². The third-order valence-corrected chi connectivity index (χ3v) is 4.57. The maximum absolute atomic E-state index is 13.3. The van der Waals surface area contributed by atoms with E-state index < -0.39 is 17.3 Å². The lowest BCUT2D eigenvalue weighted by atomic mass is 9.79. The number of alkyl halides is 3. The second-order valence-corrected chi connectivity index (χ2v) is 5.90. The first-order valence-corrected chi connectivity index (χ1v) is 7.31. The van der Waals surface area contributed by atoms with Crippen molar-refractivity contribution in [2.75, 3.05) is 6.54 Å². The Morgan fingerprint density at radius 2 is 2.00 bits per heavy atom. The van der Waals surface area contributed by atoms with Crippen LogP contribution < -0.4 is 5.32 Å². The van der Waals surface area contributed by atoms with Gasteiger partial charge in [0.1, 0.15) is 0 Å². The van der Waals surface area contributed by atoms with Crippen LogP contribution in [0.2, 0.25) is 0 Å². The van der Waals surface area contributed by atoms with Crippen molar-refractivity contribution in [3.63, 3.8) is 0 Å². The molecule has 0 amide bonds. The molecule has 1 unspecified atom stereocenters. The van der Waals surface area contributed by atoms with E-state index in [9.17, 15) is 13.2 Å². The molecular formula is C15H19F3N2. The second kappa shape index (κ2) is 5.02. The van der Waals surface area contributed by atoms with Crippen molar-refractivity contribution in [2.45, 2.75) is 50.2 Å². The van der Waals surface area contributed by atoms with Crippen LogP contribution in [0, 0.1) is 5.92 Å². The van der Waals surface area contributed by atoms with Crippen LogP contribution in [0.3, 0.4) is 0 Å². The standard InChI is InChI=1S/C15H19F3N2/c16-15(17,18)12-6-9-19-10-13(12)14(11-4-5-11)7-2-1-3-8-20-14/h6,9-11,20H,1-5,7-8H2. The Morgan fingerprint density at radius 3 is 2.70 bits per heavy atom. The average Bonchev–Trinajstić information content (AvgIpc) is 3.24. The van der Waals surface area contributed by atoms with Gasteiger partial charge in [-0.2, -0.15) is 13.2 Å². The fourth-order valence-electron chi connectivity index (χ4n) is 3.48. The highest BCUT2D eigenvalue weighted by Gasteiger charge is 2.50. The molecule has 5 heteroatoms. The van der Waals surface area contributed by atoms with Crippen molar-refractivity contribution in [3.8, 4) is 0 Å². The molecule has 1 aliphatic carbocycles. The summed E-state index contributed by atoms with van der Waals surface area (Å²) in [6, 6.07) is 1.12. The number of nitrogens with zero attached hydrogens (tertiary/aromatic N) is 1. The lowest BCUT2D eigenvalue weighted by molar-refractivity contribution is -0.139. The van der Waals surface area contributed by atoms with Gasteiger partial charge in [-0.1, -0.05) is 12.8 Å². The molecule has 0 bridgehead atoms. The third kappa shape index (κ3) is 2.43. The highest BCUT2D eigenvalue weighted by atomic mass is 19.4. The Balaban J connectivity index is 2.08. The van der Waals surface area contributed by atoms with Crippen LogP contribution >= 0.6 is 0 Å². The predicted molar refractivity (Wildman–Crippen MR) is 70.1 cm³/mol. The fraction of sp³-hybridized carbons (Fsp3) is 0.667. The van der Waals surface area contributed by atoms with Crippen molar-refractivity contribution in [2.24, 2.45) is 5.92 Å². The second-order valence-electron chi connectivity index (χ2n) is 5.90. The molecule has 2 fully saturated rings. The van der Waals surface area contributed by atoms with E-state index >= 15 is 0 Å². The topological polar surface area (TPSA) is 24.9 Å². The minimum atomic E-state index is -4.31. The lowest BCUT2D eigenvalue weighted by Gasteiger charge is -2.36. The first-order valence-electron chi connectivity index (χ1n) is 7.31. The molecule has 110 valence electrons. The Bertz CT molecular complexity index is 472. The van der Waals surface area contributed by atoms with Gasteiger partial charge in [0.2, 0.25) is 0 Å². The summed E-state index contributed by atoms with van der Waals surface area (Å²) < 4.78 is 39.9. The highest BCUT2D eigenvalue weighted by molar-refractivity contribution is 5.35. The maximum Gasteiger partial charge on any atom is 0.416 e. The maximum atomic E-state index is 13.3. The van der Waals surface area contributed by atoms with Crippen molar-refractivity contribution in [3.05, 3.63) is 29.6 Å². The average molecular weight is 284 g/mol. The Morgan fingerprint density at radius 1 is 1.20 bits per heavy atom. The molecule has 20 heavy (non-hydrogen) atoms. The summed E-state index contributed by atoms with van der Waals surface area (Å²) in [5.41, 5.74) is -0.680. The summed E-state index contributed by atoms with van der Waals surface area (Å²) in [5.74, 6) is 0.325. The van der Waals surface area contributed by atoms with Gasteiger partial charge in [-0.15, -0.1) is 0 Å². The first-order chi connectivity index (χ1) is 9.54. The number of halogens is 3. The van der Waals surface area contributed by atoms with Gasteiger partial charge in [0.15, 0.2) is 0 Å². The third-order valence-electron chi connectivity index (χ3n) is 4.57.